The third-order valence-electron chi connectivity index (χ3n) is 6.36. The van der Waals surface area contributed by atoms with E-state index in [2.05, 4.69) is 20.3 Å². The number of aromatic nitrogens is 3. The first kappa shape index (κ1) is 28.6. The van der Waals surface area contributed by atoms with E-state index in [-0.39, 0.29) is 30.4 Å². The number of alkyl halides is 3. The molecule has 0 unspecified atom stereocenters. The Hall–Kier alpha value is -4.45. The van der Waals surface area contributed by atoms with Crippen LogP contribution in [-0.2, 0) is 6.18 Å². The highest BCUT2D eigenvalue weighted by molar-refractivity contribution is 5.96. The average molecular weight is 555 g/mol. The maximum Gasteiger partial charge on any atom is 0.416 e. The Bertz CT molecular complexity index is 1540. The highest BCUT2D eigenvalue weighted by Gasteiger charge is 2.31. The molecule has 4 rings (SSSR count). The summed E-state index contributed by atoms with van der Waals surface area (Å²) < 4.78 is 45.7. The third-order valence-corrected chi connectivity index (χ3v) is 6.36. The van der Waals surface area contributed by atoms with Crippen LogP contribution < -0.4 is 15.8 Å². The van der Waals surface area contributed by atoms with Gasteiger partial charge in [-0.1, -0.05) is 6.07 Å². The molecule has 2 aromatic heterocycles. The summed E-state index contributed by atoms with van der Waals surface area (Å²) in [6.07, 6.45) is -2.99. The van der Waals surface area contributed by atoms with Crippen molar-refractivity contribution in [1.82, 2.24) is 19.9 Å². The van der Waals surface area contributed by atoms with Crippen LogP contribution in [0.4, 0.5) is 24.7 Å². The SMILES string of the molecule is COc1cc2nc(C)nc(N[C@H](C)c3cc(N)cc(C(F)(F)F)c3)c2cc1-c1ccc(C(=O)N(C)CCO)nc1. The second-order valence-corrected chi connectivity index (χ2v) is 9.32. The second kappa shape index (κ2) is 11.3. The van der Waals surface area contributed by atoms with Crippen LogP contribution in [0.25, 0.3) is 22.0 Å². The molecule has 2 aromatic carbocycles. The Balaban J connectivity index is 1.74. The van der Waals surface area contributed by atoms with Crippen molar-refractivity contribution in [2.75, 3.05) is 38.4 Å². The Kier molecular flexibility index (Phi) is 8.10. The lowest BCUT2D eigenvalue weighted by Gasteiger charge is -2.20. The molecule has 0 aliphatic carbocycles. The number of methoxy groups -OCH3 is 1. The number of nitrogens with one attached hydrogen (secondary N) is 1. The van der Waals surface area contributed by atoms with Crippen molar-refractivity contribution in [3.8, 4) is 16.9 Å². The van der Waals surface area contributed by atoms with Gasteiger partial charge < -0.3 is 25.8 Å². The quantitative estimate of drug-likeness (QED) is 0.264. The third kappa shape index (κ3) is 6.07. The van der Waals surface area contributed by atoms with Gasteiger partial charge in [-0.2, -0.15) is 13.2 Å². The molecule has 0 aliphatic rings. The zero-order valence-electron chi connectivity index (χ0n) is 22.4. The van der Waals surface area contributed by atoms with Gasteiger partial charge in [0, 0.05) is 48.1 Å². The van der Waals surface area contributed by atoms with Gasteiger partial charge in [-0.15, -0.1) is 0 Å². The molecule has 2 heterocycles. The number of fused-ring (bicyclic) bond motifs is 1. The number of ether oxygens (including phenoxy) is 1. The lowest BCUT2D eigenvalue weighted by atomic mass is 10.0. The van der Waals surface area contributed by atoms with Crippen molar-refractivity contribution in [2.24, 2.45) is 0 Å². The molecule has 40 heavy (non-hydrogen) atoms. The number of pyridine rings is 1. The van der Waals surface area contributed by atoms with Crippen LogP contribution in [0.3, 0.4) is 0 Å². The first-order valence-corrected chi connectivity index (χ1v) is 12.3. The van der Waals surface area contributed by atoms with Crippen LogP contribution in [0, 0.1) is 6.92 Å². The van der Waals surface area contributed by atoms with Crippen LogP contribution in [0.15, 0.2) is 48.7 Å². The minimum Gasteiger partial charge on any atom is -0.496 e. The van der Waals surface area contributed by atoms with Gasteiger partial charge in [0.2, 0.25) is 0 Å². The zero-order valence-corrected chi connectivity index (χ0v) is 22.4. The van der Waals surface area contributed by atoms with E-state index in [0.29, 0.717) is 45.0 Å². The Morgan fingerprint density at radius 3 is 2.55 bits per heavy atom. The second-order valence-electron chi connectivity index (χ2n) is 9.32. The summed E-state index contributed by atoms with van der Waals surface area (Å²) in [4.78, 5) is 27.2. The van der Waals surface area contributed by atoms with E-state index in [4.69, 9.17) is 15.6 Å². The molecular formula is C28H29F3N6O3. The van der Waals surface area contributed by atoms with Gasteiger partial charge in [0.25, 0.3) is 5.91 Å². The lowest BCUT2D eigenvalue weighted by molar-refractivity contribution is -0.137. The number of nitrogens with zero attached hydrogens (tertiary/aromatic N) is 4. The number of nitrogens with two attached hydrogens (primary N) is 1. The van der Waals surface area contributed by atoms with Gasteiger partial charge in [0.05, 0.1) is 30.8 Å². The number of aliphatic hydroxyl groups excluding tert-OH is 1. The maximum absolute atomic E-state index is 13.4. The predicted octanol–water partition coefficient (Wildman–Crippen LogP) is 4.85. The monoisotopic (exact) mass is 554 g/mol. The van der Waals surface area contributed by atoms with E-state index in [9.17, 15) is 18.0 Å². The fraction of sp³-hybridized carbons (Fsp3) is 0.286. The first-order chi connectivity index (χ1) is 18.9. The number of anilines is 2. The fourth-order valence-electron chi connectivity index (χ4n) is 4.28. The number of aliphatic hydroxyl groups is 1. The molecule has 1 amide bonds. The Labute approximate surface area is 228 Å². The van der Waals surface area contributed by atoms with Crippen molar-refractivity contribution in [2.45, 2.75) is 26.1 Å². The number of likely N-dealkylation sites (N-methyl/N-ethyl adjacent to an activating group) is 1. The van der Waals surface area contributed by atoms with Crippen LogP contribution in [0.2, 0.25) is 0 Å². The van der Waals surface area contributed by atoms with Crippen molar-refractivity contribution in [3.63, 3.8) is 0 Å². The predicted molar refractivity (Wildman–Crippen MR) is 146 cm³/mol. The summed E-state index contributed by atoms with van der Waals surface area (Å²) in [5.41, 5.74) is 7.39. The van der Waals surface area contributed by atoms with Crippen LogP contribution in [0.1, 0.15) is 40.4 Å². The van der Waals surface area contributed by atoms with Gasteiger partial charge in [-0.05, 0) is 49.7 Å². The van der Waals surface area contributed by atoms with Gasteiger partial charge in [-0.25, -0.2) is 9.97 Å². The lowest BCUT2D eigenvalue weighted by Crippen LogP contribution is -2.30. The van der Waals surface area contributed by atoms with E-state index >= 15 is 0 Å². The number of hydrogen-bond acceptors (Lipinski definition) is 8. The number of carbonyl (C=O) groups excluding carboxylic acids is 1. The van der Waals surface area contributed by atoms with Crippen LogP contribution in [0.5, 0.6) is 5.75 Å². The highest BCUT2D eigenvalue weighted by Crippen LogP contribution is 2.37. The standard InChI is InChI=1S/C28H29F3N6O3/c1-15(18-9-19(28(29,30)31)11-20(32)10-18)34-26-22-12-21(25(40-4)13-24(22)35-16(2)36-26)17-5-6-23(33-14-17)27(39)37(3)7-8-38/h5-6,9-15,38H,7-8,32H2,1-4H3,(H,34,35,36)/t15-/m1/s1. The normalized spacial score (nSPS) is 12.3. The minimum atomic E-state index is -4.53. The summed E-state index contributed by atoms with van der Waals surface area (Å²) in [7, 11) is 3.10. The van der Waals surface area contributed by atoms with Crippen molar-refractivity contribution >= 4 is 28.3 Å². The average Bonchev–Trinajstić information content (AvgIpc) is 2.91. The molecule has 0 aliphatic heterocycles. The molecule has 9 nitrogen and oxygen atoms in total. The number of halogens is 3. The summed E-state index contributed by atoms with van der Waals surface area (Å²) >= 11 is 0. The van der Waals surface area contributed by atoms with E-state index < -0.39 is 17.8 Å². The Morgan fingerprint density at radius 2 is 1.93 bits per heavy atom. The van der Waals surface area contributed by atoms with Crippen molar-refractivity contribution in [3.05, 3.63) is 71.3 Å². The summed E-state index contributed by atoms with van der Waals surface area (Å²) in [5.74, 6) is 1.05. The van der Waals surface area contributed by atoms with E-state index in [1.807, 2.05) is 0 Å². The Morgan fingerprint density at radius 1 is 1.18 bits per heavy atom. The largest absolute Gasteiger partial charge is 0.496 e. The summed E-state index contributed by atoms with van der Waals surface area (Å²) in [5, 5.41) is 12.9. The molecule has 0 bridgehead atoms. The molecule has 0 saturated carbocycles. The van der Waals surface area contributed by atoms with Crippen LogP contribution in [-0.4, -0.2) is 58.2 Å². The van der Waals surface area contributed by atoms with Gasteiger partial charge >= 0.3 is 6.18 Å². The molecule has 12 heteroatoms. The number of nitrogen functional groups attached to an aromatic ring is 1. The number of carbonyl (C=O) groups is 1. The van der Waals surface area contributed by atoms with Crippen molar-refractivity contribution < 1.29 is 27.8 Å². The minimum absolute atomic E-state index is 0.00575. The van der Waals surface area contributed by atoms with Crippen molar-refractivity contribution in [1.29, 1.82) is 0 Å². The number of benzene rings is 2. The molecule has 0 radical (unpaired) electrons. The van der Waals surface area contributed by atoms with E-state index in [1.54, 1.807) is 51.4 Å². The number of aryl methyl sites for hydroxylation is 1. The molecule has 4 aromatic rings. The number of hydrogen-bond donors (Lipinski definition) is 3. The molecule has 0 spiro atoms. The topological polar surface area (TPSA) is 126 Å². The summed E-state index contributed by atoms with van der Waals surface area (Å²) in [6, 6.07) is 9.74. The smallest absolute Gasteiger partial charge is 0.416 e. The molecule has 4 N–H and O–H groups in total. The number of rotatable bonds is 8. The number of amides is 1. The molecular weight excluding hydrogens is 525 g/mol. The van der Waals surface area contributed by atoms with E-state index in [0.717, 1.165) is 12.1 Å². The molecule has 0 fully saturated rings. The zero-order chi connectivity index (χ0) is 29.2. The highest BCUT2D eigenvalue weighted by atomic mass is 19.4. The van der Waals surface area contributed by atoms with Gasteiger partial charge in [0.15, 0.2) is 0 Å². The first-order valence-electron chi connectivity index (χ1n) is 12.3. The fourth-order valence-corrected chi connectivity index (χ4v) is 4.28. The molecule has 210 valence electrons. The van der Waals surface area contributed by atoms with Gasteiger partial charge in [0.1, 0.15) is 23.1 Å². The van der Waals surface area contributed by atoms with Gasteiger partial charge in [-0.3, -0.25) is 9.78 Å². The summed E-state index contributed by atoms with van der Waals surface area (Å²) in [6.45, 7) is 3.45. The molecule has 1 atom stereocenters. The molecule has 0 saturated heterocycles. The maximum atomic E-state index is 13.4. The van der Waals surface area contributed by atoms with E-state index in [1.165, 1.54) is 18.1 Å². The van der Waals surface area contributed by atoms with Crippen LogP contribution >= 0.6 is 0 Å².